The normalized spacial score (nSPS) is 16.5. The average molecular weight is 360 g/mol. The van der Waals surface area contributed by atoms with E-state index in [1.54, 1.807) is 0 Å². The van der Waals surface area contributed by atoms with E-state index in [0.29, 0.717) is 12.4 Å². The highest BCUT2D eigenvalue weighted by Gasteiger charge is 2.31. The minimum Gasteiger partial charge on any atom is -0.317 e. The summed E-state index contributed by atoms with van der Waals surface area (Å²) in [6.07, 6.45) is 3.92. The predicted octanol–water partition coefficient (Wildman–Crippen LogP) is 4.61. The third-order valence-electron chi connectivity index (χ3n) is 5.12. The molecule has 4 rings (SSSR count). The average Bonchev–Trinajstić information content (AvgIpc) is 3.33. The van der Waals surface area contributed by atoms with Gasteiger partial charge in [0.25, 0.3) is 0 Å². The molecule has 0 saturated carbocycles. The topological polar surface area (TPSA) is 50.2 Å². The van der Waals surface area contributed by atoms with Gasteiger partial charge in [0.2, 0.25) is 0 Å². The van der Waals surface area contributed by atoms with E-state index < -0.39 is 0 Å². The number of anilines is 1. The summed E-state index contributed by atoms with van der Waals surface area (Å²) in [4.78, 5) is 14.8. The van der Waals surface area contributed by atoms with E-state index in [4.69, 9.17) is 0 Å². The molecule has 0 aliphatic carbocycles. The Bertz CT molecular complexity index is 919. The van der Waals surface area contributed by atoms with Crippen molar-refractivity contribution in [1.82, 2.24) is 14.7 Å². The third-order valence-corrected chi connectivity index (χ3v) is 5.12. The second-order valence-corrected chi connectivity index (χ2v) is 7.02. The number of nitrogens with one attached hydrogen (secondary N) is 1. The van der Waals surface area contributed by atoms with E-state index >= 15 is 0 Å². The molecule has 0 spiro atoms. The summed E-state index contributed by atoms with van der Waals surface area (Å²) in [6.45, 7) is 3.57. The molecule has 0 radical (unpaired) electrons. The first kappa shape index (κ1) is 17.3. The van der Waals surface area contributed by atoms with Crippen LogP contribution in [0.5, 0.6) is 0 Å². The summed E-state index contributed by atoms with van der Waals surface area (Å²) in [5, 5.41) is 7.45. The molecule has 5 nitrogen and oxygen atoms in total. The van der Waals surface area contributed by atoms with Gasteiger partial charge in [0, 0.05) is 18.8 Å². The molecule has 1 N–H and O–H groups in total. The number of benzene rings is 2. The minimum atomic E-state index is -0.0780. The number of hydrogen-bond acceptors (Lipinski definition) is 2. The molecule has 2 aromatic carbocycles. The number of likely N-dealkylation sites (tertiary alicyclic amines) is 1. The fourth-order valence-corrected chi connectivity index (χ4v) is 3.76. The molecule has 2 heterocycles. The van der Waals surface area contributed by atoms with Gasteiger partial charge in [0.05, 0.1) is 12.6 Å². The molecular weight excluding hydrogens is 336 g/mol. The molecule has 1 fully saturated rings. The fraction of sp³-hybridized carbons (Fsp3) is 0.273. The first-order chi connectivity index (χ1) is 13.2. The summed E-state index contributed by atoms with van der Waals surface area (Å²) in [6, 6.07) is 20.4. The maximum Gasteiger partial charge on any atom is 0.323 e. The SMILES string of the molecule is Cc1ccccc1[C@@H]1CCCN1C(=O)Nc1ccn(Cc2ccccc2)n1. The van der Waals surface area contributed by atoms with Gasteiger partial charge >= 0.3 is 6.03 Å². The Morgan fingerprint density at radius 3 is 2.70 bits per heavy atom. The van der Waals surface area contributed by atoms with Crippen molar-refractivity contribution < 1.29 is 4.79 Å². The van der Waals surface area contributed by atoms with E-state index in [-0.39, 0.29) is 12.1 Å². The molecule has 3 aromatic rings. The van der Waals surface area contributed by atoms with Crippen LogP contribution in [0.25, 0.3) is 0 Å². The first-order valence-electron chi connectivity index (χ1n) is 9.41. The van der Waals surface area contributed by atoms with Crippen LogP contribution < -0.4 is 5.32 Å². The molecule has 27 heavy (non-hydrogen) atoms. The van der Waals surface area contributed by atoms with Gasteiger partial charge in [-0.15, -0.1) is 0 Å². The van der Waals surface area contributed by atoms with E-state index in [1.807, 2.05) is 52.2 Å². The van der Waals surface area contributed by atoms with E-state index in [1.165, 1.54) is 16.7 Å². The molecule has 2 amide bonds. The Balaban J connectivity index is 1.44. The third kappa shape index (κ3) is 3.87. The van der Waals surface area contributed by atoms with Crippen molar-refractivity contribution in [3.8, 4) is 0 Å². The van der Waals surface area contributed by atoms with Crippen molar-refractivity contribution in [2.24, 2.45) is 0 Å². The zero-order valence-corrected chi connectivity index (χ0v) is 15.5. The van der Waals surface area contributed by atoms with Crippen LogP contribution in [0, 0.1) is 6.92 Å². The van der Waals surface area contributed by atoms with Gasteiger partial charge in [0.1, 0.15) is 0 Å². The van der Waals surface area contributed by atoms with Gasteiger partial charge in [-0.25, -0.2) is 4.79 Å². The Kier molecular flexibility index (Phi) is 4.92. The number of urea groups is 1. The van der Waals surface area contributed by atoms with Crippen molar-refractivity contribution in [1.29, 1.82) is 0 Å². The van der Waals surface area contributed by atoms with E-state index in [0.717, 1.165) is 19.4 Å². The lowest BCUT2D eigenvalue weighted by molar-refractivity contribution is 0.207. The highest BCUT2D eigenvalue weighted by molar-refractivity contribution is 5.88. The Hall–Kier alpha value is -3.08. The highest BCUT2D eigenvalue weighted by Crippen LogP contribution is 2.33. The fourth-order valence-electron chi connectivity index (χ4n) is 3.76. The van der Waals surface area contributed by atoms with Crippen LogP contribution in [0.15, 0.2) is 66.9 Å². The molecule has 1 saturated heterocycles. The van der Waals surface area contributed by atoms with Crippen LogP contribution in [0.3, 0.4) is 0 Å². The van der Waals surface area contributed by atoms with Crippen LogP contribution in [0.2, 0.25) is 0 Å². The maximum atomic E-state index is 12.8. The molecular formula is C22H24N4O. The van der Waals surface area contributed by atoms with E-state index in [2.05, 4.69) is 41.6 Å². The minimum absolute atomic E-state index is 0.0780. The monoisotopic (exact) mass is 360 g/mol. The van der Waals surface area contributed by atoms with Gasteiger partial charge in [-0.3, -0.25) is 10.00 Å². The van der Waals surface area contributed by atoms with Gasteiger partial charge in [-0.1, -0.05) is 54.6 Å². The van der Waals surface area contributed by atoms with Gasteiger partial charge in [0.15, 0.2) is 5.82 Å². The summed E-state index contributed by atoms with van der Waals surface area (Å²) < 4.78 is 1.84. The molecule has 1 aliphatic heterocycles. The number of nitrogens with zero attached hydrogens (tertiary/aromatic N) is 3. The van der Waals surface area contributed by atoms with Crippen molar-refractivity contribution in [2.75, 3.05) is 11.9 Å². The van der Waals surface area contributed by atoms with Gasteiger partial charge < -0.3 is 4.90 Å². The first-order valence-corrected chi connectivity index (χ1v) is 9.41. The number of aromatic nitrogens is 2. The number of carbonyl (C=O) groups is 1. The molecule has 138 valence electrons. The lowest BCUT2D eigenvalue weighted by Gasteiger charge is -2.26. The Morgan fingerprint density at radius 1 is 1.11 bits per heavy atom. The zero-order chi connectivity index (χ0) is 18.6. The van der Waals surface area contributed by atoms with Crippen LogP contribution in [0.1, 0.15) is 35.6 Å². The number of hydrogen-bond donors (Lipinski definition) is 1. The molecule has 1 atom stereocenters. The predicted molar refractivity (Wildman–Crippen MR) is 107 cm³/mol. The summed E-state index contributed by atoms with van der Waals surface area (Å²) in [5.41, 5.74) is 3.65. The van der Waals surface area contributed by atoms with Crippen molar-refractivity contribution in [3.05, 3.63) is 83.6 Å². The van der Waals surface area contributed by atoms with Crippen molar-refractivity contribution >= 4 is 11.8 Å². The smallest absolute Gasteiger partial charge is 0.317 e. The Labute approximate surface area is 159 Å². The summed E-state index contributed by atoms with van der Waals surface area (Å²) in [5.74, 6) is 0.589. The number of amides is 2. The molecule has 1 aromatic heterocycles. The lowest BCUT2D eigenvalue weighted by Crippen LogP contribution is -2.34. The number of aryl methyl sites for hydroxylation is 1. The van der Waals surface area contributed by atoms with Crippen LogP contribution in [0.4, 0.5) is 10.6 Å². The number of carbonyl (C=O) groups excluding carboxylic acids is 1. The zero-order valence-electron chi connectivity index (χ0n) is 15.5. The van der Waals surface area contributed by atoms with Crippen LogP contribution >= 0.6 is 0 Å². The van der Waals surface area contributed by atoms with Gasteiger partial charge in [-0.05, 0) is 36.5 Å². The van der Waals surface area contributed by atoms with Crippen molar-refractivity contribution in [3.63, 3.8) is 0 Å². The molecule has 5 heteroatoms. The van der Waals surface area contributed by atoms with Crippen LogP contribution in [-0.4, -0.2) is 27.3 Å². The number of rotatable bonds is 4. The lowest BCUT2D eigenvalue weighted by atomic mass is 9.99. The molecule has 1 aliphatic rings. The molecule has 0 bridgehead atoms. The Morgan fingerprint density at radius 2 is 1.89 bits per heavy atom. The second kappa shape index (κ2) is 7.66. The van der Waals surface area contributed by atoms with Gasteiger partial charge in [-0.2, -0.15) is 5.10 Å². The van der Waals surface area contributed by atoms with Crippen LogP contribution in [-0.2, 0) is 6.54 Å². The largest absolute Gasteiger partial charge is 0.323 e. The second-order valence-electron chi connectivity index (χ2n) is 7.02. The molecule has 0 unspecified atom stereocenters. The highest BCUT2D eigenvalue weighted by atomic mass is 16.2. The summed E-state index contributed by atoms with van der Waals surface area (Å²) in [7, 11) is 0. The standard InChI is InChI=1S/C22H24N4O/c1-17-8-5-6-11-19(17)20-12-7-14-26(20)22(27)23-21-13-15-25(24-21)16-18-9-3-2-4-10-18/h2-6,8-11,13,15,20H,7,12,14,16H2,1H3,(H,23,24,27)/t20-/m0/s1. The van der Waals surface area contributed by atoms with E-state index in [9.17, 15) is 4.79 Å². The maximum absolute atomic E-state index is 12.8. The van der Waals surface area contributed by atoms with Crippen molar-refractivity contribution in [2.45, 2.75) is 32.4 Å². The summed E-state index contributed by atoms with van der Waals surface area (Å²) >= 11 is 0. The quantitative estimate of drug-likeness (QED) is 0.739.